The highest BCUT2D eigenvalue weighted by atomic mass is 32.2. The van der Waals surface area contributed by atoms with Crippen LogP contribution in [-0.2, 0) is 22.7 Å². The van der Waals surface area contributed by atoms with E-state index in [2.05, 4.69) is 0 Å². The quantitative estimate of drug-likeness (QED) is 0.680. The summed E-state index contributed by atoms with van der Waals surface area (Å²) >= 11 is 0. The van der Waals surface area contributed by atoms with Gasteiger partial charge in [0, 0.05) is 38.3 Å². The molecule has 0 N–H and O–H groups in total. The zero-order valence-electron chi connectivity index (χ0n) is 15.6. The molecule has 0 amide bonds. The zero-order valence-corrected chi connectivity index (χ0v) is 16.4. The van der Waals surface area contributed by atoms with Crippen LogP contribution in [0.5, 0.6) is 5.75 Å². The van der Waals surface area contributed by atoms with Gasteiger partial charge in [-0.2, -0.15) is 17.5 Å². The van der Waals surface area contributed by atoms with E-state index in [0.29, 0.717) is 30.9 Å². The molecule has 0 atom stereocenters. The molecule has 158 valence electrons. The molecule has 1 aliphatic rings. The predicted octanol–water partition coefficient (Wildman–Crippen LogP) is 3.36. The van der Waals surface area contributed by atoms with Crippen LogP contribution in [0, 0.1) is 5.82 Å². The van der Waals surface area contributed by atoms with Crippen LogP contribution in [0.2, 0.25) is 0 Å². The summed E-state index contributed by atoms with van der Waals surface area (Å²) in [6.07, 6.45) is -4.52. The fourth-order valence-corrected chi connectivity index (χ4v) is 4.63. The van der Waals surface area contributed by atoms with E-state index >= 15 is 0 Å². The van der Waals surface area contributed by atoms with Crippen molar-refractivity contribution in [1.82, 2.24) is 9.21 Å². The molecular formula is C19H20F4N2O3S. The molecule has 0 aromatic heterocycles. The minimum atomic E-state index is -4.52. The van der Waals surface area contributed by atoms with E-state index in [9.17, 15) is 26.0 Å². The highest BCUT2D eigenvalue weighted by Gasteiger charge is 2.32. The average Bonchev–Trinajstić information content (AvgIpc) is 2.68. The van der Waals surface area contributed by atoms with E-state index in [4.69, 9.17) is 4.74 Å². The zero-order chi connectivity index (χ0) is 21.2. The average molecular weight is 432 g/mol. The summed E-state index contributed by atoms with van der Waals surface area (Å²) in [5.74, 6) is 0.163. The first-order chi connectivity index (χ1) is 13.6. The third-order valence-electron chi connectivity index (χ3n) is 4.79. The molecule has 2 aromatic rings. The van der Waals surface area contributed by atoms with Gasteiger partial charge in [-0.1, -0.05) is 0 Å². The minimum Gasteiger partial charge on any atom is -0.496 e. The number of sulfonamides is 1. The topological polar surface area (TPSA) is 49.9 Å². The van der Waals surface area contributed by atoms with Gasteiger partial charge in [0.25, 0.3) is 0 Å². The molecule has 5 nitrogen and oxygen atoms in total. The molecule has 1 fully saturated rings. The number of ether oxygens (including phenoxy) is 1. The van der Waals surface area contributed by atoms with Crippen LogP contribution >= 0.6 is 0 Å². The number of benzene rings is 2. The van der Waals surface area contributed by atoms with Gasteiger partial charge < -0.3 is 4.74 Å². The van der Waals surface area contributed by atoms with Gasteiger partial charge in [-0.3, -0.25) is 4.90 Å². The summed E-state index contributed by atoms with van der Waals surface area (Å²) in [4.78, 5) is 1.79. The van der Waals surface area contributed by atoms with Crippen LogP contribution in [0.3, 0.4) is 0 Å². The lowest BCUT2D eigenvalue weighted by Crippen LogP contribution is -2.48. The summed E-state index contributed by atoms with van der Waals surface area (Å²) in [6.45, 7) is 1.57. The van der Waals surface area contributed by atoms with Crippen molar-refractivity contribution in [2.75, 3.05) is 33.3 Å². The second-order valence-corrected chi connectivity index (χ2v) is 8.60. The maximum atomic E-state index is 13.5. The van der Waals surface area contributed by atoms with Crippen molar-refractivity contribution < 1.29 is 30.7 Å². The Labute approximate surface area is 166 Å². The fraction of sp³-hybridized carbons (Fsp3) is 0.368. The van der Waals surface area contributed by atoms with E-state index in [1.165, 1.54) is 29.6 Å². The van der Waals surface area contributed by atoms with Gasteiger partial charge in [0.15, 0.2) is 0 Å². The highest BCUT2D eigenvalue weighted by molar-refractivity contribution is 7.89. The van der Waals surface area contributed by atoms with Gasteiger partial charge in [0.05, 0.1) is 17.6 Å². The standard InChI is InChI=1S/C19H20F4N2O3S/c1-28-18-7-4-16(20)12-14(18)13-24-8-10-25(11-9-24)29(26,27)17-5-2-15(3-6-17)19(21,22)23/h2-7,12H,8-11,13H2,1H3. The van der Waals surface area contributed by atoms with Crippen molar-refractivity contribution >= 4 is 10.0 Å². The molecule has 0 unspecified atom stereocenters. The molecule has 3 rings (SSSR count). The van der Waals surface area contributed by atoms with Crippen LogP contribution in [0.4, 0.5) is 17.6 Å². The molecule has 0 radical (unpaired) electrons. The van der Waals surface area contributed by atoms with Gasteiger partial charge in [0.1, 0.15) is 11.6 Å². The number of hydrogen-bond acceptors (Lipinski definition) is 4. The Bertz CT molecular complexity index is 954. The first kappa shape index (κ1) is 21.5. The van der Waals surface area contributed by atoms with E-state index in [0.717, 1.165) is 24.3 Å². The Hall–Kier alpha value is -2.17. The Morgan fingerprint density at radius 3 is 2.17 bits per heavy atom. The summed E-state index contributed by atoms with van der Waals surface area (Å²) in [7, 11) is -2.39. The number of hydrogen-bond donors (Lipinski definition) is 0. The third kappa shape index (κ3) is 4.88. The molecule has 10 heteroatoms. The molecule has 0 aliphatic carbocycles. The van der Waals surface area contributed by atoms with Gasteiger partial charge in [-0.15, -0.1) is 0 Å². The summed E-state index contributed by atoms with van der Waals surface area (Å²) in [5, 5.41) is 0. The molecule has 0 bridgehead atoms. The second kappa shape index (κ2) is 8.29. The fourth-order valence-electron chi connectivity index (χ4n) is 3.20. The maximum Gasteiger partial charge on any atom is 0.416 e. The number of rotatable bonds is 5. The normalized spacial score (nSPS) is 16.7. The summed E-state index contributed by atoms with van der Waals surface area (Å²) in [6, 6.07) is 7.69. The third-order valence-corrected chi connectivity index (χ3v) is 6.70. The van der Waals surface area contributed by atoms with Gasteiger partial charge in [-0.25, -0.2) is 12.8 Å². The molecule has 0 saturated carbocycles. The van der Waals surface area contributed by atoms with Crippen molar-refractivity contribution in [3.8, 4) is 5.75 Å². The lowest BCUT2D eigenvalue weighted by molar-refractivity contribution is -0.137. The largest absolute Gasteiger partial charge is 0.496 e. The van der Waals surface area contributed by atoms with Crippen LogP contribution < -0.4 is 4.74 Å². The van der Waals surface area contributed by atoms with Crippen LogP contribution in [0.25, 0.3) is 0 Å². The Morgan fingerprint density at radius 2 is 1.62 bits per heavy atom. The molecule has 1 heterocycles. The van der Waals surface area contributed by atoms with Crippen molar-refractivity contribution in [1.29, 1.82) is 0 Å². The molecule has 1 aliphatic heterocycles. The van der Waals surface area contributed by atoms with Gasteiger partial charge in [0.2, 0.25) is 10.0 Å². The van der Waals surface area contributed by atoms with Crippen molar-refractivity contribution in [3.05, 3.63) is 59.4 Å². The molecule has 2 aromatic carbocycles. The Balaban J connectivity index is 1.66. The van der Waals surface area contributed by atoms with E-state index in [1.807, 2.05) is 4.90 Å². The molecular weight excluding hydrogens is 412 g/mol. The van der Waals surface area contributed by atoms with Gasteiger partial charge >= 0.3 is 6.18 Å². The molecule has 29 heavy (non-hydrogen) atoms. The number of nitrogens with zero attached hydrogens (tertiary/aromatic N) is 2. The minimum absolute atomic E-state index is 0.175. The van der Waals surface area contributed by atoms with Crippen molar-refractivity contribution in [2.45, 2.75) is 17.6 Å². The number of halogens is 4. The second-order valence-electron chi connectivity index (χ2n) is 6.66. The lowest BCUT2D eigenvalue weighted by atomic mass is 10.1. The summed E-state index contributed by atoms with van der Waals surface area (Å²) < 4.78 is 83.4. The number of alkyl halides is 3. The smallest absolute Gasteiger partial charge is 0.416 e. The monoisotopic (exact) mass is 432 g/mol. The molecule has 1 saturated heterocycles. The van der Waals surface area contributed by atoms with Crippen molar-refractivity contribution in [3.63, 3.8) is 0 Å². The summed E-state index contributed by atoms with van der Waals surface area (Å²) in [5.41, 5.74) is -0.239. The highest BCUT2D eigenvalue weighted by Crippen LogP contribution is 2.30. The van der Waals surface area contributed by atoms with E-state index in [-0.39, 0.29) is 23.8 Å². The van der Waals surface area contributed by atoms with Crippen LogP contribution in [0.1, 0.15) is 11.1 Å². The predicted molar refractivity (Wildman–Crippen MR) is 98.4 cm³/mol. The van der Waals surface area contributed by atoms with Crippen LogP contribution in [-0.4, -0.2) is 50.9 Å². The van der Waals surface area contributed by atoms with Crippen molar-refractivity contribution in [2.24, 2.45) is 0 Å². The van der Waals surface area contributed by atoms with E-state index < -0.39 is 21.8 Å². The SMILES string of the molecule is COc1ccc(F)cc1CN1CCN(S(=O)(=O)c2ccc(C(F)(F)F)cc2)CC1. The number of piperazine rings is 1. The van der Waals surface area contributed by atoms with Gasteiger partial charge in [-0.05, 0) is 42.5 Å². The number of methoxy groups -OCH3 is 1. The Kier molecular flexibility index (Phi) is 6.16. The first-order valence-electron chi connectivity index (χ1n) is 8.83. The Morgan fingerprint density at radius 1 is 1.00 bits per heavy atom. The maximum absolute atomic E-state index is 13.5. The lowest BCUT2D eigenvalue weighted by Gasteiger charge is -2.34. The first-order valence-corrected chi connectivity index (χ1v) is 10.3. The van der Waals surface area contributed by atoms with Crippen LogP contribution in [0.15, 0.2) is 47.4 Å². The van der Waals surface area contributed by atoms with E-state index in [1.54, 1.807) is 0 Å². The molecule has 0 spiro atoms.